The summed E-state index contributed by atoms with van der Waals surface area (Å²) in [5, 5.41) is 79.1. The normalized spacial score (nSPS) is 17.2. The molecule has 0 unspecified atom stereocenters. The summed E-state index contributed by atoms with van der Waals surface area (Å²) in [5.41, 5.74) is -1.23. The number of carbonyl (C=O) groups is 1. The zero-order valence-electron chi connectivity index (χ0n) is 21.0. The molecule has 4 rings (SSSR count). The molecule has 0 aliphatic carbocycles. The monoisotopic (exact) mass is 554 g/mol. The van der Waals surface area contributed by atoms with Crippen LogP contribution in [0.4, 0.5) is 0 Å². The number of phenols is 5. The van der Waals surface area contributed by atoms with Crippen LogP contribution < -0.4 is 10.2 Å². The van der Waals surface area contributed by atoms with Crippen LogP contribution in [0, 0.1) is 0 Å². The second kappa shape index (κ2) is 10.8. The molecule has 1 aliphatic rings. The van der Waals surface area contributed by atoms with Crippen LogP contribution in [0.25, 0.3) is 10.8 Å². The fraction of sp³-hybridized carbons (Fsp3) is 0.214. The number of hydrogen-bond acceptors (Lipinski definition) is 12. The Bertz CT molecular complexity index is 1620. The van der Waals surface area contributed by atoms with Crippen LogP contribution in [0.5, 0.6) is 40.2 Å². The molecule has 0 bridgehead atoms. The van der Waals surface area contributed by atoms with Crippen LogP contribution in [0.1, 0.15) is 35.7 Å². The van der Waals surface area contributed by atoms with Crippen molar-refractivity contribution in [3.8, 4) is 40.2 Å². The molecule has 3 aromatic rings. The van der Waals surface area contributed by atoms with Crippen LogP contribution in [0.3, 0.4) is 0 Å². The Kier molecular flexibility index (Phi) is 7.53. The summed E-state index contributed by atoms with van der Waals surface area (Å²) < 4.78 is 11.5. The van der Waals surface area contributed by atoms with E-state index in [0.717, 1.165) is 24.3 Å². The number of aliphatic hydroxyl groups excluding tert-OH is 2. The van der Waals surface area contributed by atoms with Crippen molar-refractivity contribution in [2.45, 2.75) is 38.4 Å². The lowest BCUT2D eigenvalue weighted by Crippen LogP contribution is -2.40. The molecule has 0 fully saturated rings. The number of rotatable bonds is 6. The molecular formula is C28H26O12. The summed E-state index contributed by atoms with van der Waals surface area (Å²) >= 11 is 0. The van der Waals surface area contributed by atoms with E-state index < -0.39 is 52.0 Å². The average Bonchev–Trinajstić information content (AvgIpc) is 3.02. The number of hydrogen-bond donors (Lipinski definition) is 8. The molecule has 0 radical (unpaired) electrons. The van der Waals surface area contributed by atoms with Gasteiger partial charge in [0.25, 0.3) is 0 Å². The fourth-order valence-electron chi connectivity index (χ4n) is 4.30. The van der Waals surface area contributed by atoms with Gasteiger partial charge in [0, 0.05) is 37.0 Å². The van der Waals surface area contributed by atoms with Crippen molar-refractivity contribution in [3.05, 3.63) is 75.4 Å². The van der Waals surface area contributed by atoms with Gasteiger partial charge in [-0.1, -0.05) is 13.0 Å². The number of benzene rings is 2. The maximum atomic E-state index is 13.2. The van der Waals surface area contributed by atoms with Crippen molar-refractivity contribution in [1.29, 1.82) is 0 Å². The fourth-order valence-corrected chi connectivity index (χ4v) is 4.30. The van der Waals surface area contributed by atoms with E-state index in [0.29, 0.717) is 0 Å². The van der Waals surface area contributed by atoms with Crippen molar-refractivity contribution in [2.24, 2.45) is 0 Å². The van der Waals surface area contributed by atoms with Gasteiger partial charge in [0.2, 0.25) is 11.2 Å². The zero-order chi connectivity index (χ0) is 29.3. The first-order valence-electron chi connectivity index (χ1n) is 12.1. The van der Waals surface area contributed by atoms with Gasteiger partial charge in [0.15, 0.2) is 23.0 Å². The number of carbonyl (C=O) groups excluding carboxylic acids is 1. The van der Waals surface area contributed by atoms with Crippen LogP contribution in [0.2, 0.25) is 0 Å². The topological polar surface area (TPSA) is 214 Å². The molecule has 12 nitrogen and oxygen atoms in total. The summed E-state index contributed by atoms with van der Waals surface area (Å²) in [6.45, 7) is 1.64. The van der Waals surface area contributed by atoms with Crippen LogP contribution in [0.15, 0.2) is 58.8 Å². The molecule has 2 atom stereocenters. The molecule has 0 aromatic heterocycles. The summed E-state index contributed by atoms with van der Waals surface area (Å²) in [5.74, 6) is -5.78. The highest BCUT2D eigenvalue weighted by molar-refractivity contribution is 5.98. The Balaban J connectivity index is 1.72. The number of aromatic hydroxyl groups is 6. The Morgan fingerprint density at radius 1 is 0.975 bits per heavy atom. The largest absolute Gasteiger partial charge is 0.508 e. The molecule has 12 heteroatoms. The molecule has 0 amide bonds. The molecule has 0 saturated carbocycles. The molecule has 0 spiro atoms. The highest BCUT2D eigenvalue weighted by atomic mass is 16.6. The van der Waals surface area contributed by atoms with E-state index in [2.05, 4.69) is 0 Å². The zero-order valence-corrected chi connectivity index (χ0v) is 21.0. The smallest absolute Gasteiger partial charge is 0.338 e. The van der Waals surface area contributed by atoms with Crippen LogP contribution in [-0.2, 0) is 11.2 Å². The highest BCUT2D eigenvalue weighted by Crippen LogP contribution is 2.41. The van der Waals surface area contributed by atoms with E-state index in [-0.39, 0.29) is 64.5 Å². The lowest BCUT2D eigenvalue weighted by atomic mass is 9.96. The van der Waals surface area contributed by atoms with Crippen molar-refractivity contribution in [1.82, 2.24) is 0 Å². The molecule has 0 saturated heterocycles. The third kappa shape index (κ3) is 5.32. The van der Waals surface area contributed by atoms with Crippen molar-refractivity contribution >= 4 is 16.7 Å². The predicted molar refractivity (Wildman–Crippen MR) is 140 cm³/mol. The highest BCUT2D eigenvalue weighted by Gasteiger charge is 2.35. The SMILES string of the molecule is CC/C(O)=C(O)\C=C/C[C@H]1Oc2cc(O)cc(O)c2C[C@H]1OC(=O)c1cc(O)c(=O)c2c(O)c(O)c(O)cc2c1. The first-order chi connectivity index (χ1) is 18.9. The van der Waals surface area contributed by atoms with E-state index in [1.54, 1.807) is 6.92 Å². The van der Waals surface area contributed by atoms with Gasteiger partial charge >= 0.3 is 5.97 Å². The second-order valence-electron chi connectivity index (χ2n) is 9.08. The van der Waals surface area contributed by atoms with Gasteiger partial charge < -0.3 is 50.3 Å². The van der Waals surface area contributed by atoms with Crippen LogP contribution in [-0.4, -0.2) is 59.0 Å². The molecule has 1 aliphatic heterocycles. The maximum Gasteiger partial charge on any atom is 0.338 e. The third-order valence-corrected chi connectivity index (χ3v) is 6.38. The van der Waals surface area contributed by atoms with E-state index in [9.17, 15) is 50.4 Å². The van der Waals surface area contributed by atoms with E-state index in [1.807, 2.05) is 0 Å². The second-order valence-corrected chi connectivity index (χ2v) is 9.08. The van der Waals surface area contributed by atoms with Gasteiger partial charge in [-0.3, -0.25) is 4.79 Å². The number of aliphatic hydroxyl groups is 2. The lowest BCUT2D eigenvalue weighted by molar-refractivity contribution is -0.0167. The quantitative estimate of drug-likeness (QED) is 0.0949. The van der Waals surface area contributed by atoms with Gasteiger partial charge in [-0.2, -0.15) is 0 Å². The minimum absolute atomic E-state index is 0.0390. The summed E-state index contributed by atoms with van der Waals surface area (Å²) in [6.07, 6.45) is 0.889. The number of phenolic OH excluding ortho intramolecular Hbond substituents is 5. The van der Waals surface area contributed by atoms with Gasteiger partial charge in [-0.15, -0.1) is 0 Å². The van der Waals surface area contributed by atoms with Gasteiger partial charge in [0.05, 0.1) is 10.9 Å². The third-order valence-electron chi connectivity index (χ3n) is 6.38. The van der Waals surface area contributed by atoms with Crippen molar-refractivity contribution in [2.75, 3.05) is 0 Å². The molecule has 40 heavy (non-hydrogen) atoms. The van der Waals surface area contributed by atoms with E-state index in [4.69, 9.17) is 9.47 Å². The molecular weight excluding hydrogens is 528 g/mol. The standard InChI is InChI=1S/C28H26O12/c1-2-16(30)17(31)4-3-5-21-23(11-15-18(32)9-14(29)10-22(15)39-21)40-28(38)13-6-12-7-20(34)26(36)27(37)24(12)25(35)19(33)8-13/h3-4,6-10,21,23,29-32,34,36-37H,2,5,11H2,1H3,(H,33,35)/b4-3-,17-16-/t21-,23-/m1/s1. The Morgan fingerprint density at radius 3 is 2.40 bits per heavy atom. The first-order valence-corrected chi connectivity index (χ1v) is 12.1. The Morgan fingerprint density at radius 2 is 1.70 bits per heavy atom. The van der Waals surface area contributed by atoms with E-state index in [1.165, 1.54) is 18.2 Å². The summed E-state index contributed by atoms with van der Waals surface area (Å²) in [7, 11) is 0. The minimum atomic E-state index is -1.12. The van der Waals surface area contributed by atoms with Crippen molar-refractivity contribution < 1.29 is 55.1 Å². The first kappa shape index (κ1) is 27.8. The van der Waals surface area contributed by atoms with Gasteiger partial charge in [-0.25, -0.2) is 4.79 Å². The number of esters is 1. The molecule has 3 aromatic carbocycles. The number of allylic oxidation sites excluding steroid dienone is 2. The van der Waals surface area contributed by atoms with Crippen LogP contribution >= 0.6 is 0 Å². The van der Waals surface area contributed by atoms with Gasteiger partial charge in [-0.05, 0) is 29.7 Å². The minimum Gasteiger partial charge on any atom is -0.508 e. The lowest BCUT2D eigenvalue weighted by Gasteiger charge is -2.33. The summed E-state index contributed by atoms with van der Waals surface area (Å²) in [6, 6.07) is 5.15. The maximum absolute atomic E-state index is 13.2. The van der Waals surface area contributed by atoms with Gasteiger partial charge in [0.1, 0.15) is 35.2 Å². The predicted octanol–water partition coefficient (Wildman–Crippen LogP) is 3.65. The van der Waals surface area contributed by atoms with Crippen molar-refractivity contribution in [3.63, 3.8) is 0 Å². The average molecular weight is 555 g/mol. The number of fused-ring (bicyclic) bond motifs is 2. The Labute approximate surface area is 226 Å². The summed E-state index contributed by atoms with van der Waals surface area (Å²) in [4.78, 5) is 25.8. The molecule has 8 N–H and O–H groups in total. The Hall–Kier alpha value is -5.26. The number of ether oxygens (including phenoxy) is 2. The molecule has 1 heterocycles. The van der Waals surface area contributed by atoms with E-state index >= 15 is 0 Å². The molecule has 210 valence electrons.